The Balaban J connectivity index is 1.83. The van der Waals surface area contributed by atoms with Crippen LogP contribution in [0.3, 0.4) is 0 Å². The molecule has 0 aliphatic carbocycles. The molecule has 186 valence electrons. The molecule has 7 atom stereocenters. The van der Waals surface area contributed by atoms with E-state index in [4.69, 9.17) is 4.74 Å². The lowest BCUT2D eigenvalue weighted by atomic mass is 9.66. The number of aliphatic hydroxyl groups excluding tert-OH is 1. The number of ether oxygens (including phenoxy) is 1. The van der Waals surface area contributed by atoms with Gasteiger partial charge < -0.3 is 25.4 Å². The Morgan fingerprint density at radius 1 is 1.24 bits per heavy atom. The molecule has 0 aromatic heterocycles. The van der Waals surface area contributed by atoms with Crippen molar-refractivity contribution >= 4 is 23.4 Å². The normalized spacial score (nSPS) is 33.6. The van der Waals surface area contributed by atoms with Crippen LogP contribution in [0.5, 0.6) is 0 Å². The molecule has 3 aliphatic heterocycles. The van der Waals surface area contributed by atoms with Crippen LogP contribution in [0.4, 0.5) is 5.69 Å². The van der Waals surface area contributed by atoms with Crippen LogP contribution in [0.25, 0.3) is 0 Å². The van der Waals surface area contributed by atoms with Gasteiger partial charge in [0.2, 0.25) is 17.7 Å². The lowest BCUT2D eigenvalue weighted by Crippen LogP contribution is -2.57. The largest absolute Gasteiger partial charge is 0.394 e. The van der Waals surface area contributed by atoms with E-state index in [0.717, 1.165) is 17.5 Å². The van der Waals surface area contributed by atoms with Crippen molar-refractivity contribution in [1.82, 2.24) is 10.2 Å². The number of hydrogen-bond donors (Lipinski definition) is 3. The minimum absolute atomic E-state index is 0.0362. The Hall–Kier alpha value is -2.45. The van der Waals surface area contributed by atoms with Gasteiger partial charge in [0, 0.05) is 12.7 Å². The molecular formula is C26H37N3O5. The first kappa shape index (κ1) is 24.7. The molecule has 0 saturated carbocycles. The Morgan fingerprint density at radius 3 is 2.44 bits per heavy atom. The van der Waals surface area contributed by atoms with Crippen molar-refractivity contribution in [1.29, 1.82) is 0 Å². The van der Waals surface area contributed by atoms with Gasteiger partial charge in [-0.05, 0) is 50.7 Å². The maximum Gasteiger partial charge on any atom is 0.250 e. The first-order valence-corrected chi connectivity index (χ1v) is 12.3. The number of para-hydroxylation sites is 1. The lowest BCUT2D eigenvalue weighted by Gasteiger charge is -2.39. The molecular weight excluding hydrogens is 434 g/mol. The molecule has 3 heterocycles. The molecule has 1 aromatic rings. The molecule has 2 unspecified atom stereocenters. The summed E-state index contributed by atoms with van der Waals surface area (Å²) < 4.78 is 6.58. The van der Waals surface area contributed by atoms with Crippen LogP contribution < -0.4 is 10.6 Å². The second-order valence-corrected chi connectivity index (χ2v) is 10.5. The number of anilines is 1. The topological polar surface area (TPSA) is 108 Å². The van der Waals surface area contributed by atoms with Crippen LogP contribution >= 0.6 is 0 Å². The number of benzene rings is 1. The summed E-state index contributed by atoms with van der Waals surface area (Å²) in [6, 6.07) is 4.30. The second kappa shape index (κ2) is 8.64. The van der Waals surface area contributed by atoms with Gasteiger partial charge in [-0.25, -0.2) is 0 Å². The monoisotopic (exact) mass is 471 g/mol. The van der Waals surface area contributed by atoms with E-state index in [0.29, 0.717) is 18.5 Å². The molecule has 3 N–H and O–H groups in total. The van der Waals surface area contributed by atoms with Crippen molar-refractivity contribution in [3.63, 3.8) is 0 Å². The standard InChI is InChI=1S/C26H37N3O5/c1-7-14(2)17(13-30)29-21(23(32)28-20-15(3)9-8-10-16(20)4)26-12-11-25(5,34-26)18(22(31)27-6)19(26)24(29)33/h8-10,14,17-19,21,30H,7,11-13H2,1-6H3,(H,27,31)(H,28,32)/t14-,17-,18-,19-,21?,25+,26?/m0/s1. The van der Waals surface area contributed by atoms with Gasteiger partial charge >= 0.3 is 0 Å². The van der Waals surface area contributed by atoms with Crippen LogP contribution in [0.1, 0.15) is 51.2 Å². The summed E-state index contributed by atoms with van der Waals surface area (Å²) in [7, 11) is 1.56. The van der Waals surface area contributed by atoms with Gasteiger partial charge in [0.15, 0.2) is 0 Å². The molecule has 1 spiro atoms. The Morgan fingerprint density at radius 2 is 1.88 bits per heavy atom. The molecule has 4 rings (SSSR count). The molecule has 1 aromatic carbocycles. The zero-order valence-electron chi connectivity index (χ0n) is 21.0. The number of rotatable bonds is 7. The van der Waals surface area contributed by atoms with Crippen LogP contribution in [-0.2, 0) is 19.1 Å². The zero-order chi connectivity index (χ0) is 25.0. The molecule has 8 nitrogen and oxygen atoms in total. The number of likely N-dealkylation sites (tertiary alicyclic amines) is 1. The fourth-order valence-corrected chi connectivity index (χ4v) is 6.59. The molecule has 2 bridgehead atoms. The summed E-state index contributed by atoms with van der Waals surface area (Å²) >= 11 is 0. The SMILES string of the molecule is CC[C@H](C)[C@H](CO)N1C(=O)[C@@H]2[C@@H](C(=O)NC)[C@@]3(C)CCC2(O3)C1C(=O)Nc1c(C)cccc1C. The van der Waals surface area contributed by atoms with Crippen LogP contribution in [0, 0.1) is 31.6 Å². The average molecular weight is 472 g/mol. The highest BCUT2D eigenvalue weighted by Gasteiger charge is 2.78. The van der Waals surface area contributed by atoms with Gasteiger partial charge in [0.05, 0.1) is 30.1 Å². The molecule has 3 fully saturated rings. The van der Waals surface area contributed by atoms with Gasteiger partial charge in [-0.2, -0.15) is 0 Å². The van der Waals surface area contributed by atoms with E-state index < -0.39 is 35.1 Å². The fourth-order valence-electron chi connectivity index (χ4n) is 6.59. The van der Waals surface area contributed by atoms with Crippen LogP contribution in [-0.4, -0.2) is 64.7 Å². The molecule has 8 heteroatoms. The van der Waals surface area contributed by atoms with Crippen molar-refractivity contribution in [3.8, 4) is 0 Å². The molecule has 3 saturated heterocycles. The van der Waals surface area contributed by atoms with E-state index in [1.807, 2.05) is 52.8 Å². The second-order valence-electron chi connectivity index (χ2n) is 10.5. The first-order valence-electron chi connectivity index (χ1n) is 12.3. The molecule has 34 heavy (non-hydrogen) atoms. The Bertz CT molecular complexity index is 992. The Labute approximate surface area is 201 Å². The fraction of sp³-hybridized carbons (Fsp3) is 0.654. The number of fused-ring (bicyclic) bond motifs is 1. The summed E-state index contributed by atoms with van der Waals surface area (Å²) in [5.74, 6) is -2.35. The summed E-state index contributed by atoms with van der Waals surface area (Å²) in [5, 5.41) is 16.1. The summed E-state index contributed by atoms with van der Waals surface area (Å²) in [6.45, 7) is 9.43. The highest BCUT2D eigenvalue weighted by molar-refractivity contribution is 6.04. The van der Waals surface area contributed by atoms with Gasteiger partial charge in [-0.3, -0.25) is 14.4 Å². The molecule has 3 amide bonds. The van der Waals surface area contributed by atoms with E-state index >= 15 is 0 Å². The minimum atomic E-state index is -1.11. The van der Waals surface area contributed by atoms with Crippen molar-refractivity contribution in [2.24, 2.45) is 17.8 Å². The predicted molar refractivity (Wildman–Crippen MR) is 128 cm³/mol. The van der Waals surface area contributed by atoms with Crippen LogP contribution in [0.2, 0.25) is 0 Å². The highest BCUT2D eigenvalue weighted by Crippen LogP contribution is 2.63. The van der Waals surface area contributed by atoms with E-state index in [-0.39, 0.29) is 30.2 Å². The Kier molecular flexibility index (Phi) is 6.27. The number of nitrogens with zero attached hydrogens (tertiary/aromatic N) is 1. The number of amides is 3. The predicted octanol–water partition coefficient (Wildman–Crippen LogP) is 2.16. The quantitative estimate of drug-likeness (QED) is 0.565. The lowest BCUT2D eigenvalue weighted by molar-refractivity contribution is -0.149. The van der Waals surface area contributed by atoms with Crippen LogP contribution in [0.15, 0.2) is 18.2 Å². The van der Waals surface area contributed by atoms with Crippen molar-refractivity contribution in [2.45, 2.75) is 77.2 Å². The van der Waals surface area contributed by atoms with E-state index in [1.165, 1.54) is 0 Å². The van der Waals surface area contributed by atoms with Crippen molar-refractivity contribution < 1.29 is 24.2 Å². The van der Waals surface area contributed by atoms with E-state index in [2.05, 4.69) is 10.6 Å². The minimum Gasteiger partial charge on any atom is -0.394 e. The van der Waals surface area contributed by atoms with Gasteiger partial charge in [0.25, 0.3) is 0 Å². The maximum absolute atomic E-state index is 14.0. The third-order valence-electron chi connectivity index (χ3n) is 8.57. The highest BCUT2D eigenvalue weighted by atomic mass is 16.5. The third kappa shape index (κ3) is 3.37. The summed E-state index contributed by atoms with van der Waals surface area (Å²) in [6.07, 6.45) is 1.83. The van der Waals surface area contributed by atoms with Crippen molar-refractivity contribution in [2.75, 3.05) is 19.0 Å². The number of nitrogens with one attached hydrogen (secondary N) is 2. The third-order valence-corrected chi connectivity index (χ3v) is 8.57. The van der Waals surface area contributed by atoms with Gasteiger partial charge in [0.1, 0.15) is 11.6 Å². The van der Waals surface area contributed by atoms with Gasteiger partial charge in [-0.15, -0.1) is 0 Å². The smallest absolute Gasteiger partial charge is 0.250 e. The van der Waals surface area contributed by atoms with E-state index in [1.54, 1.807) is 11.9 Å². The average Bonchev–Trinajstić information content (AvgIpc) is 3.37. The number of carbonyl (C=O) groups is 3. The van der Waals surface area contributed by atoms with Gasteiger partial charge in [-0.1, -0.05) is 38.5 Å². The first-order chi connectivity index (χ1) is 16.1. The molecule has 0 radical (unpaired) electrons. The summed E-state index contributed by atoms with van der Waals surface area (Å²) in [5.41, 5.74) is 0.640. The number of carbonyl (C=O) groups excluding carboxylic acids is 3. The van der Waals surface area contributed by atoms with E-state index in [9.17, 15) is 19.5 Å². The zero-order valence-corrected chi connectivity index (χ0v) is 21.0. The maximum atomic E-state index is 14.0. The number of aliphatic hydroxyl groups is 1. The number of hydrogen-bond acceptors (Lipinski definition) is 5. The van der Waals surface area contributed by atoms with Crippen molar-refractivity contribution in [3.05, 3.63) is 29.3 Å². The number of aryl methyl sites for hydroxylation is 2. The molecule has 3 aliphatic rings. The summed E-state index contributed by atoms with van der Waals surface area (Å²) in [4.78, 5) is 42.6.